The minimum absolute atomic E-state index is 0.0758. The molecule has 1 N–H and O–H groups in total. The van der Waals surface area contributed by atoms with Gasteiger partial charge in [-0.3, -0.25) is 9.69 Å². The first-order valence-electron chi connectivity index (χ1n) is 11.5. The number of amides is 1. The summed E-state index contributed by atoms with van der Waals surface area (Å²) in [6.07, 6.45) is 5.95. The Morgan fingerprint density at radius 1 is 1.03 bits per heavy atom. The molecule has 1 saturated carbocycles. The van der Waals surface area contributed by atoms with Crippen molar-refractivity contribution in [3.05, 3.63) is 35.5 Å². The number of fused-ring (bicyclic) bond motifs is 1. The summed E-state index contributed by atoms with van der Waals surface area (Å²) < 4.78 is 0. The predicted molar refractivity (Wildman–Crippen MR) is 129 cm³/mol. The van der Waals surface area contributed by atoms with E-state index in [2.05, 4.69) is 43.4 Å². The Bertz CT molecular complexity index is 1100. The molecule has 1 saturated heterocycles. The maximum Gasteiger partial charge on any atom is 0.228 e. The number of anilines is 1. The molecule has 0 bridgehead atoms. The zero-order valence-corrected chi connectivity index (χ0v) is 19.6. The van der Waals surface area contributed by atoms with Crippen molar-refractivity contribution in [2.75, 3.05) is 38.5 Å². The number of piperazine rings is 1. The quantitative estimate of drug-likeness (QED) is 0.652. The monoisotopic (exact) mass is 450 g/mol. The standard InChI is InChI=1S/C24H30N6OS/c1-16-27-28-24(32-16)18-3-4-19-15-25-22(14-20(19)13-18)26-23(31)17-5-7-21(8-6-17)30-11-9-29(2)10-12-30/h3-4,13-15,17,21H,5-12H2,1-2H3,(H,25,26,31)/t17-,21-. The average Bonchev–Trinajstić information content (AvgIpc) is 3.25. The molecule has 5 rings (SSSR count). The van der Waals surface area contributed by atoms with Crippen LogP contribution in [0.25, 0.3) is 21.3 Å². The number of hydrogen-bond donors (Lipinski definition) is 1. The van der Waals surface area contributed by atoms with Crippen LogP contribution in [0.5, 0.6) is 0 Å². The van der Waals surface area contributed by atoms with Gasteiger partial charge in [-0.1, -0.05) is 23.5 Å². The van der Waals surface area contributed by atoms with Crippen molar-refractivity contribution in [2.24, 2.45) is 5.92 Å². The van der Waals surface area contributed by atoms with Crippen LogP contribution in [0.3, 0.4) is 0 Å². The number of pyridine rings is 1. The number of aryl methyl sites for hydroxylation is 1. The molecule has 0 spiro atoms. The van der Waals surface area contributed by atoms with E-state index in [9.17, 15) is 4.79 Å². The van der Waals surface area contributed by atoms with E-state index in [4.69, 9.17) is 0 Å². The van der Waals surface area contributed by atoms with Crippen LogP contribution >= 0.6 is 11.3 Å². The van der Waals surface area contributed by atoms with Gasteiger partial charge in [-0.25, -0.2) is 4.98 Å². The zero-order chi connectivity index (χ0) is 22.1. The molecule has 0 unspecified atom stereocenters. The molecule has 1 aromatic carbocycles. The van der Waals surface area contributed by atoms with E-state index in [1.54, 1.807) is 11.3 Å². The second kappa shape index (κ2) is 9.21. The lowest BCUT2D eigenvalue weighted by molar-refractivity contribution is -0.121. The van der Waals surface area contributed by atoms with Gasteiger partial charge in [0.15, 0.2) is 0 Å². The average molecular weight is 451 g/mol. The maximum atomic E-state index is 12.9. The molecular weight excluding hydrogens is 420 g/mol. The highest BCUT2D eigenvalue weighted by Crippen LogP contribution is 2.30. The van der Waals surface area contributed by atoms with E-state index < -0.39 is 0 Å². The van der Waals surface area contributed by atoms with Gasteiger partial charge in [0, 0.05) is 55.3 Å². The Morgan fingerprint density at radius 3 is 2.53 bits per heavy atom. The topological polar surface area (TPSA) is 74.2 Å². The van der Waals surface area contributed by atoms with Crippen molar-refractivity contribution in [3.63, 3.8) is 0 Å². The number of carbonyl (C=O) groups excluding carboxylic acids is 1. The van der Waals surface area contributed by atoms with Gasteiger partial charge in [-0.15, -0.1) is 10.2 Å². The second-order valence-corrected chi connectivity index (χ2v) is 10.3. The first kappa shape index (κ1) is 21.4. The highest BCUT2D eigenvalue weighted by molar-refractivity contribution is 7.14. The Morgan fingerprint density at radius 2 is 1.81 bits per heavy atom. The Kier molecular flexibility index (Phi) is 6.17. The predicted octanol–water partition coefficient (Wildman–Crippen LogP) is 3.81. The molecule has 1 amide bonds. The summed E-state index contributed by atoms with van der Waals surface area (Å²) in [5.41, 5.74) is 1.04. The van der Waals surface area contributed by atoms with Gasteiger partial charge in [-0.2, -0.15) is 0 Å². The summed E-state index contributed by atoms with van der Waals surface area (Å²) >= 11 is 1.58. The van der Waals surface area contributed by atoms with Crippen LogP contribution in [0.2, 0.25) is 0 Å². The molecule has 32 heavy (non-hydrogen) atoms. The van der Waals surface area contributed by atoms with Gasteiger partial charge < -0.3 is 10.2 Å². The molecular formula is C24H30N6OS. The van der Waals surface area contributed by atoms with Gasteiger partial charge in [0.2, 0.25) is 5.91 Å². The molecule has 7 nitrogen and oxygen atoms in total. The molecule has 1 aliphatic heterocycles. The van der Waals surface area contributed by atoms with E-state index in [0.717, 1.165) is 78.2 Å². The third-order valence-corrected chi connectivity index (χ3v) is 7.76. The molecule has 0 atom stereocenters. The van der Waals surface area contributed by atoms with Crippen LogP contribution in [0.15, 0.2) is 30.5 Å². The number of aromatic nitrogens is 3. The molecule has 8 heteroatoms. The van der Waals surface area contributed by atoms with Gasteiger partial charge in [0.05, 0.1) is 0 Å². The third-order valence-electron chi connectivity index (χ3n) is 6.87. The highest BCUT2D eigenvalue weighted by Gasteiger charge is 2.30. The molecule has 3 aromatic rings. The Labute approximate surface area is 192 Å². The van der Waals surface area contributed by atoms with Crippen LogP contribution in [-0.4, -0.2) is 70.2 Å². The number of likely N-dealkylation sites (N-methyl/N-ethyl adjacent to an activating group) is 1. The fraction of sp³-hybridized carbons (Fsp3) is 0.500. The van der Waals surface area contributed by atoms with Crippen LogP contribution in [0.1, 0.15) is 30.7 Å². The van der Waals surface area contributed by atoms with Crippen LogP contribution in [-0.2, 0) is 4.79 Å². The van der Waals surface area contributed by atoms with Crippen molar-refractivity contribution in [3.8, 4) is 10.6 Å². The largest absolute Gasteiger partial charge is 0.310 e. The number of hydrogen-bond acceptors (Lipinski definition) is 7. The fourth-order valence-electron chi connectivity index (χ4n) is 4.87. The van der Waals surface area contributed by atoms with Gasteiger partial charge in [-0.05, 0) is 57.2 Å². The number of nitrogens with zero attached hydrogens (tertiary/aromatic N) is 5. The highest BCUT2D eigenvalue weighted by atomic mass is 32.1. The minimum Gasteiger partial charge on any atom is -0.310 e. The molecule has 2 aliphatic rings. The lowest BCUT2D eigenvalue weighted by Crippen LogP contribution is -2.50. The zero-order valence-electron chi connectivity index (χ0n) is 18.8. The number of benzene rings is 1. The summed E-state index contributed by atoms with van der Waals surface area (Å²) in [5.74, 6) is 0.797. The van der Waals surface area contributed by atoms with E-state index in [1.807, 2.05) is 31.3 Å². The molecule has 168 valence electrons. The number of nitrogens with one attached hydrogen (secondary N) is 1. The smallest absolute Gasteiger partial charge is 0.228 e. The third kappa shape index (κ3) is 4.67. The molecule has 3 heterocycles. The van der Waals surface area contributed by atoms with Gasteiger partial charge in [0.25, 0.3) is 0 Å². The number of carbonyl (C=O) groups is 1. The van der Waals surface area contributed by atoms with Crippen molar-refractivity contribution in [1.29, 1.82) is 0 Å². The van der Waals surface area contributed by atoms with Gasteiger partial charge >= 0.3 is 0 Å². The van der Waals surface area contributed by atoms with Crippen LogP contribution < -0.4 is 5.32 Å². The molecule has 0 radical (unpaired) electrons. The second-order valence-electron chi connectivity index (χ2n) is 9.09. The summed E-state index contributed by atoms with van der Waals surface area (Å²) in [7, 11) is 2.19. The van der Waals surface area contributed by atoms with E-state index in [0.29, 0.717) is 11.9 Å². The SMILES string of the molecule is Cc1nnc(-c2ccc3cnc(NC(=O)[C@H]4CC[C@H](N5CCN(C)CC5)CC4)cc3c2)s1. The number of rotatable bonds is 4. The van der Waals surface area contributed by atoms with Crippen molar-refractivity contribution >= 4 is 33.8 Å². The van der Waals surface area contributed by atoms with E-state index in [-0.39, 0.29) is 11.8 Å². The van der Waals surface area contributed by atoms with Crippen LogP contribution in [0, 0.1) is 12.8 Å². The molecule has 2 aromatic heterocycles. The Hall–Kier alpha value is -2.42. The fourth-order valence-corrected chi connectivity index (χ4v) is 5.56. The van der Waals surface area contributed by atoms with Crippen molar-refractivity contribution < 1.29 is 4.79 Å². The lowest BCUT2D eigenvalue weighted by Gasteiger charge is -2.40. The summed E-state index contributed by atoms with van der Waals surface area (Å²) in [4.78, 5) is 22.4. The molecule has 1 aliphatic carbocycles. The van der Waals surface area contributed by atoms with Crippen molar-refractivity contribution in [2.45, 2.75) is 38.6 Å². The summed E-state index contributed by atoms with van der Waals surface area (Å²) in [5, 5.41) is 15.4. The minimum atomic E-state index is 0.0758. The lowest BCUT2D eigenvalue weighted by atomic mass is 9.84. The van der Waals surface area contributed by atoms with Gasteiger partial charge in [0.1, 0.15) is 15.8 Å². The summed E-state index contributed by atoms with van der Waals surface area (Å²) in [6, 6.07) is 8.77. The first-order chi connectivity index (χ1) is 15.5. The first-order valence-corrected chi connectivity index (χ1v) is 12.3. The van der Waals surface area contributed by atoms with Crippen LogP contribution in [0.4, 0.5) is 5.82 Å². The normalized spacial score (nSPS) is 22.8. The van der Waals surface area contributed by atoms with E-state index >= 15 is 0 Å². The summed E-state index contributed by atoms with van der Waals surface area (Å²) in [6.45, 7) is 6.55. The van der Waals surface area contributed by atoms with Crippen molar-refractivity contribution in [1.82, 2.24) is 25.0 Å². The van der Waals surface area contributed by atoms with E-state index in [1.165, 1.54) is 0 Å². The Balaban J connectivity index is 1.22. The maximum absolute atomic E-state index is 12.9. The molecule has 2 fully saturated rings.